The molecule has 0 bridgehead atoms. The van der Waals surface area contributed by atoms with E-state index in [1.54, 1.807) is 6.07 Å². The Morgan fingerprint density at radius 3 is 2.71 bits per heavy atom. The van der Waals surface area contributed by atoms with Crippen LogP contribution in [0.4, 0.5) is 0 Å². The number of rotatable bonds is 4. The number of carbonyl (C=O) groups excluding carboxylic acids is 1. The van der Waals surface area contributed by atoms with E-state index < -0.39 is 5.91 Å². The van der Waals surface area contributed by atoms with Crippen LogP contribution in [0.2, 0.25) is 0 Å². The van der Waals surface area contributed by atoms with Crippen molar-refractivity contribution < 1.29 is 9.53 Å². The summed E-state index contributed by atoms with van der Waals surface area (Å²) in [6.07, 6.45) is 1.82. The first-order chi connectivity index (χ1) is 6.70. The lowest BCUT2D eigenvalue weighted by molar-refractivity contribution is 0.0996. The molecule has 76 valence electrons. The van der Waals surface area contributed by atoms with Gasteiger partial charge < -0.3 is 10.5 Å². The normalized spacial score (nSPS) is 9.86. The standard InChI is InChI=1S/C11H15NO2/c1-3-5-8-6-4-7-9(14-2)10(8)11(12)13/h4,6-7H,3,5H2,1-2H3,(H2,12,13). The highest BCUT2D eigenvalue weighted by atomic mass is 16.5. The summed E-state index contributed by atoms with van der Waals surface area (Å²) < 4.78 is 5.09. The van der Waals surface area contributed by atoms with Crippen LogP contribution in [-0.4, -0.2) is 13.0 Å². The van der Waals surface area contributed by atoms with E-state index in [0.717, 1.165) is 18.4 Å². The molecule has 0 spiro atoms. The Morgan fingerprint density at radius 1 is 1.50 bits per heavy atom. The van der Waals surface area contributed by atoms with Crippen molar-refractivity contribution in [3.05, 3.63) is 29.3 Å². The van der Waals surface area contributed by atoms with Crippen molar-refractivity contribution >= 4 is 5.91 Å². The molecule has 0 aromatic heterocycles. The van der Waals surface area contributed by atoms with Crippen molar-refractivity contribution in [1.29, 1.82) is 0 Å². The molecule has 2 N–H and O–H groups in total. The number of nitrogens with two attached hydrogens (primary N) is 1. The average molecular weight is 193 g/mol. The summed E-state index contributed by atoms with van der Waals surface area (Å²) in [6, 6.07) is 5.53. The highest BCUT2D eigenvalue weighted by molar-refractivity contribution is 5.97. The summed E-state index contributed by atoms with van der Waals surface area (Å²) in [7, 11) is 1.54. The lowest BCUT2D eigenvalue weighted by Crippen LogP contribution is -2.15. The maximum Gasteiger partial charge on any atom is 0.252 e. The molecule has 0 fully saturated rings. The third kappa shape index (κ3) is 2.05. The number of hydrogen-bond donors (Lipinski definition) is 1. The molecule has 14 heavy (non-hydrogen) atoms. The number of methoxy groups -OCH3 is 1. The van der Waals surface area contributed by atoms with Crippen LogP contribution in [0.25, 0.3) is 0 Å². The summed E-state index contributed by atoms with van der Waals surface area (Å²) in [4.78, 5) is 11.2. The van der Waals surface area contributed by atoms with E-state index in [4.69, 9.17) is 10.5 Å². The summed E-state index contributed by atoms with van der Waals surface area (Å²) in [5.41, 5.74) is 6.77. The number of carbonyl (C=O) groups is 1. The zero-order valence-corrected chi connectivity index (χ0v) is 8.54. The molecule has 0 saturated heterocycles. The Hall–Kier alpha value is -1.51. The fourth-order valence-electron chi connectivity index (χ4n) is 1.50. The highest BCUT2D eigenvalue weighted by Crippen LogP contribution is 2.22. The Bertz CT molecular complexity index is 334. The van der Waals surface area contributed by atoms with E-state index >= 15 is 0 Å². The molecule has 0 heterocycles. The molecule has 3 nitrogen and oxygen atoms in total. The average Bonchev–Trinajstić information content (AvgIpc) is 2.17. The number of hydrogen-bond acceptors (Lipinski definition) is 2. The molecular weight excluding hydrogens is 178 g/mol. The van der Waals surface area contributed by atoms with Crippen LogP contribution in [0.15, 0.2) is 18.2 Å². The molecule has 1 rings (SSSR count). The van der Waals surface area contributed by atoms with Crippen molar-refractivity contribution in [2.75, 3.05) is 7.11 Å². The van der Waals surface area contributed by atoms with Gasteiger partial charge in [0.05, 0.1) is 12.7 Å². The van der Waals surface area contributed by atoms with E-state index in [-0.39, 0.29) is 0 Å². The Labute approximate surface area is 83.9 Å². The Kier molecular flexibility index (Phi) is 3.51. The molecule has 0 radical (unpaired) electrons. The molecule has 1 aromatic carbocycles. The van der Waals surface area contributed by atoms with E-state index in [1.165, 1.54) is 7.11 Å². The number of aryl methyl sites for hydroxylation is 1. The van der Waals surface area contributed by atoms with Crippen LogP contribution in [0.5, 0.6) is 5.75 Å². The van der Waals surface area contributed by atoms with Crippen LogP contribution >= 0.6 is 0 Å². The van der Waals surface area contributed by atoms with E-state index in [2.05, 4.69) is 6.92 Å². The van der Waals surface area contributed by atoms with E-state index in [1.807, 2.05) is 12.1 Å². The first-order valence-corrected chi connectivity index (χ1v) is 4.66. The van der Waals surface area contributed by atoms with Crippen molar-refractivity contribution in [3.8, 4) is 5.75 Å². The monoisotopic (exact) mass is 193 g/mol. The molecule has 1 amide bonds. The first-order valence-electron chi connectivity index (χ1n) is 4.66. The third-order valence-corrected chi connectivity index (χ3v) is 2.10. The number of amides is 1. The Morgan fingerprint density at radius 2 is 2.21 bits per heavy atom. The molecule has 0 aliphatic heterocycles. The summed E-state index contributed by atoms with van der Waals surface area (Å²) in [5.74, 6) is 0.134. The summed E-state index contributed by atoms with van der Waals surface area (Å²) >= 11 is 0. The lowest BCUT2D eigenvalue weighted by atomic mass is 10.0. The zero-order chi connectivity index (χ0) is 10.6. The van der Waals surface area contributed by atoms with Crippen LogP contribution in [0.3, 0.4) is 0 Å². The van der Waals surface area contributed by atoms with Crippen molar-refractivity contribution in [3.63, 3.8) is 0 Å². The van der Waals surface area contributed by atoms with Crippen LogP contribution in [-0.2, 0) is 6.42 Å². The molecule has 0 aliphatic rings. The second-order valence-electron chi connectivity index (χ2n) is 3.11. The van der Waals surface area contributed by atoms with Crippen LogP contribution < -0.4 is 10.5 Å². The maximum atomic E-state index is 11.2. The quantitative estimate of drug-likeness (QED) is 0.792. The van der Waals surface area contributed by atoms with Gasteiger partial charge in [-0.15, -0.1) is 0 Å². The SMILES string of the molecule is CCCc1cccc(OC)c1C(N)=O. The number of ether oxygens (including phenoxy) is 1. The molecule has 1 aromatic rings. The minimum atomic E-state index is -0.425. The highest BCUT2D eigenvalue weighted by Gasteiger charge is 2.12. The molecular formula is C11H15NO2. The van der Waals surface area contributed by atoms with Gasteiger partial charge in [-0.2, -0.15) is 0 Å². The van der Waals surface area contributed by atoms with Gasteiger partial charge in [0.15, 0.2) is 0 Å². The van der Waals surface area contributed by atoms with Crippen molar-refractivity contribution in [2.45, 2.75) is 19.8 Å². The second-order valence-corrected chi connectivity index (χ2v) is 3.11. The fraction of sp³-hybridized carbons (Fsp3) is 0.364. The minimum Gasteiger partial charge on any atom is -0.496 e. The van der Waals surface area contributed by atoms with Gasteiger partial charge in [-0.25, -0.2) is 0 Å². The number of primary amides is 1. The van der Waals surface area contributed by atoms with Gasteiger partial charge in [0.25, 0.3) is 5.91 Å². The Balaban J connectivity index is 3.20. The van der Waals surface area contributed by atoms with Crippen molar-refractivity contribution in [2.24, 2.45) is 5.73 Å². The molecule has 0 unspecified atom stereocenters. The van der Waals surface area contributed by atoms with Gasteiger partial charge in [0.2, 0.25) is 0 Å². The maximum absolute atomic E-state index is 11.2. The summed E-state index contributed by atoms with van der Waals surface area (Å²) in [6.45, 7) is 2.06. The smallest absolute Gasteiger partial charge is 0.252 e. The largest absolute Gasteiger partial charge is 0.496 e. The van der Waals surface area contributed by atoms with E-state index in [0.29, 0.717) is 11.3 Å². The van der Waals surface area contributed by atoms with Crippen LogP contribution in [0, 0.1) is 0 Å². The second kappa shape index (κ2) is 4.65. The lowest BCUT2D eigenvalue weighted by Gasteiger charge is -2.09. The fourth-order valence-corrected chi connectivity index (χ4v) is 1.50. The minimum absolute atomic E-state index is 0.425. The van der Waals surface area contributed by atoms with Crippen molar-refractivity contribution in [1.82, 2.24) is 0 Å². The molecule has 0 saturated carbocycles. The van der Waals surface area contributed by atoms with Gasteiger partial charge in [-0.1, -0.05) is 25.5 Å². The summed E-state index contributed by atoms with van der Waals surface area (Å²) in [5, 5.41) is 0. The topological polar surface area (TPSA) is 52.3 Å². The first kappa shape index (κ1) is 10.6. The zero-order valence-electron chi connectivity index (χ0n) is 8.54. The molecule has 3 heteroatoms. The molecule has 0 aliphatic carbocycles. The van der Waals surface area contributed by atoms with Gasteiger partial charge >= 0.3 is 0 Å². The van der Waals surface area contributed by atoms with E-state index in [9.17, 15) is 4.79 Å². The number of benzene rings is 1. The third-order valence-electron chi connectivity index (χ3n) is 2.10. The van der Waals surface area contributed by atoms with Gasteiger partial charge in [-0.05, 0) is 18.1 Å². The van der Waals surface area contributed by atoms with Gasteiger partial charge in [0.1, 0.15) is 5.75 Å². The molecule has 0 atom stereocenters. The predicted molar refractivity (Wildman–Crippen MR) is 55.5 cm³/mol. The van der Waals surface area contributed by atoms with Gasteiger partial charge in [-0.3, -0.25) is 4.79 Å². The van der Waals surface area contributed by atoms with Crippen LogP contribution in [0.1, 0.15) is 29.3 Å². The predicted octanol–water partition coefficient (Wildman–Crippen LogP) is 1.75. The van der Waals surface area contributed by atoms with Gasteiger partial charge in [0, 0.05) is 0 Å².